The second kappa shape index (κ2) is 5.72. The molecule has 84 valence electrons. The van der Waals surface area contributed by atoms with Crippen LogP contribution in [0.5, 0.6) is 0 Å². The second-order valence-corrected chi connectivity index (χ2v) is 4.98. The van der Waals surface area contributed by atoms with E-state index in [0.717, 1.165) is 12.8 Å². The monoisotopic (exact) mass is 200 g/mol. The summed E-state index contributed by atoms with van der Waals surface area (Å²) in [5.41, 5.74) is 0. The van der Waals surface area contributed by atoms with Crippen LogP contribution >= 0.6 is 0 Å². The zero-order chi connectivity index (χ0) is 10.6. The van der Waals surface area contributed by atoms with Gasteiger partial charge in [0.15, 0.2) is 0 Å². The van der Waals surface area contributed by atoms with Gasteiger partial charge in [-0.15, -0.1) is 0 Å². The van der Waals surface area contributed by atoms with Crippen molar-refractivity contribution in [2.75, 3.05) is 0 Å². The van der Waals surface area contributed by atoms with Crippen molar-refractivity contribution < 1.29 is 10.2 Å². The van der Waals surface area contributed by atoms with Crippen molar-refractivity contribution in [1.82, 2.24) is 0 Å². The van der Waals surface area contributed by atoms with Gasteiger partial charge in [-0.2, -0.15) is 0 Å². The van der Waals surface area contributed by atoms with Crippen LogP contribution in [0.2, 0.25) is 0 Å². The first-order valence-corrected chi connectivity index (χ1v) is 5.99. The molecule has 0 spiro atoms. The molecule has 0 aromatic heterocycles. The first kappa shape index (κ1) is 12.0. The summed E-state index contributed by atoms with van der Waals surface area (Å²) in [6.07, 6.45) is 6.14. The molecule has 2 nitrogen and oxygen atoms in total. The van der Waals surface area contributed by atoms with Gasteiger partial charge in [-0.05, 0) is 24.7 Å². The SMILES string of the molecule is CC(C)C(O)C(O)C1CCCCCC1. The van der Waals surface area contributed by atoms with Crippen LogP contribution in [-0.2, 0) is 0 Å². The Bertz CT molecular complexity index is 148. The molecule has 0 radical (unpaired) electrons. The Kier molecular flexibility index (Phi) is 4.90. The molecular weight excluding hydrogens is 176 g/mol. The van der Waals surface area contributed by atoms with Crippen molar-refractivity contribution in [2.24, 2.45) is 11.8 Å². The maximum atomic E-state index is 9.99. The molecule has 0 aliphatic heterocycles. The Morgan fingerprint density at radius 3 is 1.86 bits per heavy atom. The quantitative estimate of drug-likeness (QED) is 0.686. The lowest BCUT2D eigenvalue weighted by Gasteiger charge is -2.28. The predicted molar refractivity (Wildman–Crippen MR) is 58.0 cm³/mol. The average Bonchev–Trinajstić information content (AvgIpc) is 2.43. The van der Waals surface area contributed by atoms with Gasteiger partial charge in [0, 0.05) is 0 Å². The summed E-state index contributed by atoms with van der Waals surface area (Å²) >= 11 is 0. The zero-order valence-electron chi connectivity index (χ0n) is 9.45. The van der Waals surface area contributed by atoms with Gasteiger partial charge < -0.3 is 10.2 Å². The number of hydrogen-bond acceptors (Lipinski definition) is 2. The van der Waals surface area contributed by atoms with E-state index in [1.807, 2.05) is 13.8 Å². The maximum absolute atomic E-state index is 9.99. The minimum atomic E-state index is -0.543. The fourth-order valence-corrected chi connectivity index (χ4v) is 2.33. The van der Waals surface area contributed by atoms with Gasteiger partial charge in [-0.3, -0.25) is 0 Å². The van der Waals surface area contributed by atoms with E-state index < -0.39 is 12.2 Å². The number of aliphatic hydroxyl groups is 2. The normalized spacial score (nSPS) is 24.6. The van der Waals surface area contributed by atoms with E-state index in [4.69, 9.17) is 0 Å². The van der Waals surface area contributed by atoms with Gasteiger partial charge >= 0.3 is 0 Å². The molecule has 2 heteroatoms. The Hall–Kier alpha value is -0.0800. The van der Waals surface area contributed by atoms with Gasteiger partial charge in [0.05, 0.1) is 12.2 Å². The summed E-state index contributed by atoms with van der Waals surface area (Å²) in [4.78, 5) is 0. The van der Waals surface area contributed by atoms with Crippen LogP contribution in [-0.4, -0.2) is 22.4 Å². The van der Waals surface area contributed by atoms with Crippen LogP contribution in [0.4, 0.5) is 0 Å². The van der Waals surface area contributed by atoms with Gasteiger partial charge in [-0.25, -0.2) is 0 Å². The third-order valence-corrected chi connectivity index (χ3v) is 3.42. The number of rotatable bonds is 3. The van der Waals surface area contributed by atoms with Crippen molar-refractivity contribution in [2.45, 2.75) is 64.6 Å². The van der Waals surface area contributed by atoms with Gasteiger partial charge in [0.25, 0.3) is 0 Å². The molecule has 2 unspecified atom stereocenters. The maximum Gasteiger partial charge on any atom is 0.0829 e. The van der Waals surface area contributed by atoms with Crippen LogP contribution < -0.4 is 0 Å². The molecule has 2 atom stereocenters. The van der Waals surface area contributed by atoms with Gasteiger partial charge in [-0.1, -0.05) is 39.5 Å². The molecule has 14 heavy (non-hydrogen) atoms. The summed E-state index contributed by atoms with van der Waals surface area (Å²) in [6, 6.07) is 0. The van der Waals surface area contributed by atoms with Crippen molar-refractivity contribution in [3.63, 3.8) is 0 Å². The first-order chi connectivity index (χ1) is 6.63. The minimum Gasteiger partial charge on any atom is -0.390 e. The lowest BCUT2D eigenvalue weighted by atomic mass is 9.87. The van der Waals surface area contributed by atoms with Crippen molar-refractivity contribution in [3.8, 4) is 0 Å². The van der Waals surface area contributed by atoms with E-state index in [2.05, 4.69) is 0 Å². The molecule has 1 fully saturated rings. The molecule has 0 bridgehead atoms. The van der Waals surface area contributed by atoms with E-state index in [0.29, 0.717) is 5.92 Å². The van der Waals surface area contributed by atoms with Gasteiger partial charge in [0.2, 0.25) is 0 Å². The highest BCUT2D eigenvalue weighted by Gasteiger charge is 2.28. The molecule has 1 saturated carbocycles. The highest BCUT2D eigenvalue weighted by Crippen LogP contribution is 2.28. The molecule has 1 rings (SSSR count). The van der Waals surface area contributed by atoms with Crippen molar-refractivity contribution >= 4 is 0 Å². The molecule has 0 saturated heterocycles. The summed E-state index contributed by atoms with van der Waals surface area (Å²) in [7, 11) is 0. The van der Waals surface area contributed by atoms with Gasteiger partial charge in [0.1, 0.15) is 0 Å². The Labute approximate surface area is 87.3 Å². The summed E-state index contributed by atoms with van der Waals surface area (Å²) in [6.45, 7) is 3.93. The minimum absolute atomic E-state index is 0.160. The fourth-order valence-electron chi connectivity index (χ4n) is 2.33. The fraction of sp³-hybridized carbons (Fsp3) is 1.00. The average molecular weight is 200 g/mol. The van der Waals surface area contributed by atoms with E-state index in [1.165, 1.54) is 25.7 Å². The lowest BCUT2D eigenvalue weighted by Crippen LogP contribution is -2.36. The first-order valence-electron chi connectivity index (χ1n) is 5.99. The van der Waals surface area contributed by atoms with E-state index in [9.17, 15) is 10.2 Å². The summed E-state index contributed by atoms with van der Waals surface area (Å²) in [5.74, 6) is 0.489. The van der Waals surface area contributed by atoms with Crippen LogP contribution in [0.25, 0.3) is 0 Å². The number of hydrogen-bond donors (Lipinski definition) is 2. The second-order valence-electron chi connectivity index (χ2n) is 4.98. The summed E-state index contributed by atoms with van der Waals surface area (Å²) < 4.78 is 0. The summed E-state index contributed by atoms with van der Waals surface area (Å²) in [5, 5.41) is 19.8. The standard InChI is InChI=1S/C12H24O2/c1-9(2)11(13)12(14)10-7-5-3-4-6-8-10/h9-14H,3-8H2,1-2H3. The zero-order valence-corrected chi connectivity index (χ0v) is 9.45. The van der Waals surface area contributed by atoms with Crippen LogP contribution in [0.1, 0.15) is 52.4 Å². The van der Waals surface area contributed by atoms with Crippen molar-refractivity contribution in [1.29, 1.82) is 0 Å². The van der Waals surface area contributed by atoms with Crippen LogP contribution in [0.15, 0.2) is 0 Å². The third kappa shape index (κ3) is 3.25. The molecule has 0 amide bonds. The topological polar surface area (TPSA) is 40.5 Å². The lowest BCUT2D eigenvalue weighted by molar-refractivity contribution is -0.0434. The van der Waals surface area contributed by atoms with Crippen LogP contribution in [0, 0.1) is 11.8 Å². The van der Waals surface area contributed by atoms with Crippen molar-refractivity contribution in [3.05, 3.63) is 0 Å². The van der Waals surface area contributed by atoms with Crippen LogP contribution in [0.3, 0.4) is 0 Å². The van der Waals surface area contributed by atoms with E-state index in [1.54, 1.807) is 0 Å². The Balaban J connectivity index is 2.44. The smallest absolute Gasteiger partial charge is 0.0829 e. The Morgan fingerprint density at radius 1 is 0.929 bits per heavy atom. The predicted octanol–water partition coefficient (Wildman–Crippen LogP) is 2.33. The molecule has 1 aliphatic rings. The molecule has 0 aromatic carbocycles. The van der Waals surface area contributed by atoms with E-state index in [-0.39, 0.29) is 5.92 Å². The molecular formula is C12H24O2. The Morgan fingerprint density at radius 2 is 1.43 bits per heavy atom. The molecule has 1 aliphatic carbocycles. The number of aliphatic hydroxyl groups excluding tert-OH is 2. The largest absolute Gasteiger partial charge is 0.390 e. The third-order valence-electron chi connectivity index (χ3n) is 3.42. The molecule has 0 heterocycles. The molecule has 0 aromatic rings. The molecule has 2 N–H and O–H groups in total. The van der Waals surface area contributed by atoms with E-state index >= 15 is 0 Å². The highest BCUT2D eigenvalue weighted by molar-refractivity contribution is 4.79. The highest BCUT2D eigenvalue weighted by atomic mass is 16.3.